The third-order valence-electron chi connectivity index (χ3n) is 2.90. The van der Waals surface area contributed by atoms with E-state index in [0.29, 0.717) is 16.5 Å². The third-order valence-corrected chi connectivity index (χ3v) is 3.44. The fourth-order valence-electron chi connectivity index (χ4n) is 1.78. The van der Waals surface area contributed by atoms with Gasteiger partial charge in [0.1, 0.15) is 5.69 Å². The Kier molecular flexibility index (Phi) is 5.98. The van der Waals surface area contributed by atoms with Gasteiger partial charge in [-0.1, -0.05) is 25.1 Å². The number of nitro groups is 1. The maximum absolute atomic E-state index is 10.6. The van der Waals surface area contributed by atoms with Gasteiger partial charge in [0, 0.05) is 12.1 Å². The summed E-state index contributed by atoms with van der Waals surface area (Å²) in [7, 11) is 0. The molecule has 1 heterocycles. The van der Waals surface area contributed by atoms with Gasteiger partial charge in [-0.25, -0.2) is 4.98 Å². The first-order valence-corrected chi connectivity index (χ1v) is 8.17. The van der Waals surface area contributed by atoms with E-state index in [0.717, 1.165) is 18.6 Å². The summed E-state index contributed by atoms with van der Waals surface area (Å²) in [6, 6.07) is 6.07. The van der Waals surface area contributed by atoms with Gasteiger partial charge in [0.05, 0.1) is 22.5 Å². The Hall–Kier alpha value is -2.55. The number of benzene rings is 1. The predicted molar refractivity (Wildman–Crippen MR) is 89.8 cm³/mol. The van der Waals surface area contributed by atoms with Crippen molar-refractivity contribution in [3.8, 4) is 0 Å². The van der Waals surface area contributed by atoms with E-state index in [1.165, 1.54) is 23.9 Å². The summed E-state index contributed by atoms with van der Waals surface area (Å²) in [4.78, 5) is 14.6. The number of aromatic nitrogens is 3. The molecule has 0 spiro atoms. The van der Waals surface area contributed by atoms with Crippen molar-refractivity contribution in [3.05, 3.63) is 46.3 Å². The van der Waals surface area contributed by atoms with Crippen LogP contribution in [0.2, 0.25) is 0 Å². The predicted octanol–water partition coefficient (Wildman–Crippen LogP) is 3.12. The van der Waals surface area contributed by atoms with Crippen molar-refractivity contribution >= 4 is 28.8 Å². The molecule has 9 heteroatoms. The SMILES string of the molecule is CCC/C(=N\Nc1ccc([N+](=O)[O-])cc1)c1cnnc(SC)n1. The van der Waals surface area contributed by atoms with E-state index in [1.807, 2.05) is 13.2 Å². The highest BCUT2D eigenvalue weighted by molar-refractivity contribution is 7.98. The van der Waals surface area contributed by atoms with Crippen LogP contribution in [-0.2, 0) is 0 Å². The highest BCUT2D eigenvalue weighted by Gasteiger charge is 2.08. The third kappa shape index (κ3) is 4.71. The summed E-state index contributed by atoms with van der Waals surface area (Å²) < 4.78 is 0. The van der Waals surface area contributed by atoms with Gasteiger partial charge in [0.2, 0.25) is 5.16 Å². The zero-order valence-corrected chi connectivity index (χ0v) is 13.6. The fraction of sp³-hybridized carbons (Fsp3) is 0.286. The highest BCUT2D eigenvalue weighted by Crippen LogP contribution is 2.16. The minimum absolute atomic E-state index is 0.0397. The number of non-ortho nitro benzene ring substituents is 1. The molecule has 0 aliphatic carbocycles. The Labute approximate surface area is 137 Å². The minimum atomic E-state index is -0.438. The van der Waals surface area contributed by atoms with Crippen LogP contribution in [-0.4, -0.2) is 32.1 Å². The van der Waals surface area contributed by atoms with Gasteiger partial charge >= 0.3 is 0 Å². The van der Waals surface area contributed by atoms with Crippen LogP contribution >= 0.6 is 11.8 Å². The molecule has 1 aromatic heterocycles. The van der Waals surface area contributed by atoms with Gasteiger partial charge in [-0.3, -0.25) is 15.5 Å². The zero-order chi connectivity index (χ0) is 16.7. The first-order valence-electron chi connectivity index (χ1n) is 6.95. The number of hydrogen-bond acceptors (Lipinski definition) is 8. The van der Waals surface area contributed by atoms with Crippen LogP contribution in [0.4, 0.5) is 11.4 Å². The number of thioether (sulfide) groups is 1. The second kappa shape index (κ2) is 8.18. The van der Waals surface area contributed by atoms with Crippen LogP contribution in [0.5, 0.6) is 0 Å². The van der Waals surface area contributed by atoms with Gasteiger partial charge in [-0.15, -0.1) is 5.10 Å². The highest BCUT2D eigenvalue weighted by atomic mass is 32.2. The van der Waals surface area contributed by atoms with E-state index in [4.69, 9.17) is 0 Å². The molecular formula is C14H16N6O2S. The second-order valence-electron chi connectivity index (χ2n) is 4.55. The molecule has 0 saturated heterocycles. The molecule has 2 rings (SSSR count). The maximum Gasteiger partial charge on any atom is 0.269 e. The van der Waals surface area contributed by atoms with Gasteiger partial charge in [-0.05, 0) is 24.8 Å². The number of nitro benzene ring substituents is 1. The standard InChI is InChI=1S/C14H16N6O2S/c1-3-4-12(13-9-15-19-14(16-13)23-2)18-17-10-5-7-11(8-6-10)20(21)22/h5-9,17H,3-4H2,1-2H3/b18-12+. The molecule has 0 saturated carbocycles. The number of nitrogens with one attached hydrogen (secondary N) is 1. The van der Waals surface area contributed by atoms with Crippen LogP contribution in [0.1, 0.15) is 25.5 Å². The quantitative estimate of drug-likeness (QED) is 0.359. The minimum Gasteiger partial charge on any atom is -0.278 e. The maximum atomic E-state index is 10.6. The smallest absolute Gasteiger partial charge is 0.269 e. The van der Waals surface area contributed by atoms with Gasteiger partial charge in [-0.2, -0.15) is 10.2 Å². The molecule has 0 unspecified atom stereocenters. The normalized spacial score (nSPS) is 11.3. The zero-order valence-electron chi connectivity index (χ0n) is 12.8. The fourth-order valence-corrected chi connectivity index (χ4v) is 2.10. The van der Waals surface area contributed by atoms with Gasteiger partial charge in [0.15, 0.2) is 0 Å². The Morgan fingerprint density at radius 3 is 2.74 bits per heavy atom. The number of rotatable bonds is 7. The molecule has 2 aromatic rings. The van der Waals surface area contributed by atoms with Crippen molar-refractivity contribution in [2.75, 3.05) is 11.7 Å². The van der Waals surface area contributed by atoms with Gasteiger partial charge < -0.3 is 0 Å². The molecule has 0 amide bonds. The molecule has 8 nitrogen and oxygen atoms in total. The van der Waals surface area contributed by atoms with E-state index in [2.05, 4.69) is 25.7 Å². The molecule has 0 atom stereocenters. The summed E-state index contributed by atoms with van der Waals surface area (Å²) in [5.74, 6) is 0. The lowest BCUT2D eigenvalue weighted by Crippen LogP contribution is -2.09. The van der Waals surface area contributed by atoms with E-state index in [-0.39, 0.29) is 5.69 Å². The topological polar surface area (TPSA) is 106 Å². The lowest BCUT2D eigenvalue weighted by atomic mass is 10.2. The molecule has 120 valence electrons. The van der Waals surface area contributed by atoms with Crippen molar-refractivity contribution in [2.24, 2.45) is 5.10 Å². The molecule has 0 radical (unpaired) electrons. The molecule has 23 heavy (non-hydrogen) atoms. The molecular weight excluding hydrogens is 316 g/mol. The summed E-state index contributed by atoms with van der Waals surface area (Å²) in [6.45, 7) is 2.05. The lowest BCUT2D eigenvalue weighted by molar-refractivity contribution is -0.384. The van der Waals surface area contributed by atoms with Crippen molar-refractivity contribution in [1.29, 1.82) is 0 Å². The molecule has 0 fully saturated rings. The Morgan fingerprint density at radius 1 is 1.39 bits per heavy atom. The van der Waals surface area contributed by atoms with Gasteiger partial charge in [0.25, 0.3) is 5.69 Å². The number of hydrogen-bond donors (Lipinski definition) is 1. The number of nitrogens with zero attached hydrogens (tertiary/aromatic N) is 5. The van der Waals surface area contributed by atoms with Crippen molar-refractivity contribution < 1.29 is 4.92 Å². The Balaban J connectivity index is 2.19. The van der Waals surface area contributed by atoms with Crippen molar-refractivity contribution in [2.45, 2.75) is 24.9 Å². The Morgan fingerprint density at radius 2 is 2.13 bits per heavy atom. The van der Waals surface area contributed by atoms with E-state index >= 15 is 0 Å². The lowest BCUT2D eigenvalue weighted by Gasteiger charge is -2.06. The first-order chi connectivity index (χ1) is 11.1. The molecule has 0 bridgehead atoms. The summed E-state index contributed by atoms with van der Waals surface area (Å²) >= 11 is 1.41. The average Bonchev–Trinajstić information content (AvgIpc) is 2.59. The van der Waals surface area contributed by atoms with Crippen LogP contribution in [0, 0.1) is 10.1 Å². The molecule has 1 aromatic carbocycles. The summed E-state index contributed by atoms with van der Waals surface area (Å²) in [5.41, 5.74) is 5.03. The molecule has 1 N–H and O–H groups in total. The molecule has 0 aliphatic rings. The number of hydrazone groups is 1. The van der Waals surface area contributed by atoms with Crippen molar-refractivity contribution in [3.63, 3.8) is 0 Å². The van der Waals surface area contributed by atoms with E-state index < -0.39 is 4.92 Å². The van der Waals surface area contributed by atoms with E-state index in [9.17, 15) is 10.1 Å². The second-order valence-corrected chi connectivity index (χ2v) is 5.33. The van der Waals surface area contributed by atoms with Crippen LogP contribution < -0.4 is 5.43 Å². The average molecular weight is 332 g/mol. The van der Waals surface area contributed by atoms with Crippen molar-refractivity contribution in [1.82, 2.24) is 15.2 Å². The first kappa shape index (κ1) is 16.8. The molecule has 0 aliphatic heterocycles. The van der Waals surface area contributed by atoms with Crippen LogP contribution in [0.25, 0.3) is 0 Å². The van der Waals surface area contributed by atoms with Crippen LogP contribution in [0.15, 0.2) is 40.7 Å². The summed E-state index contributed by atoms with van der Waals surface area (Å²) in [5, 5.41) is 23.4. The summed E-state index contributed by atoms with van der Waals surface area (Å²) in [6.07, 6.45) is 5.09. The number of anilines is 1. The van der Waals surface area contributed by atoms with Crippen LogP contribution in [0.3, 0.4) is 0 Å². The monoisotopic (exact) mass is 332 g/mol. The van der Waals surface area contributed by atoms with E-state index in [1.54, 1.807) is 18.3 Å². The Bertz CT molecular complexity index is 705. The largest absolute Gasteiger partial charge is 0.278 e.